The van der Waals surface area contributed by atoms with Crippen molar-refractivity contribution < 1.29 is 4.39 Å². The summed E-state index contributed by atoms with van der Waals surface area (Å²) in [6, 6.07) is 9.88. The number of hydrogen-bond acceptors (Lipinski definition) is 6. The molecule has 1 aromatic carbocycles. The molecule has 2 N–H and O–H groups in total. The summed E-state index contributed by atoms with van der Waals surface area (Å²) in [6.45, 7) is 7.93. The van der Waals surface area contributed by atoms with E-state index in [1.54, 1.807) is 0 Å². The minimum atomic E-state index is -0.471. The number of nitrogens with one attached hydrogen (secondary N) is 2. The topological polar surface area (TPSA) is 80.6 Å². The average molecular weight is 417 g/mol. The van der Waals surface area contributed by atoms with Gasteiger partial charge in [-0.3, -0.25) is 0 Å². The molecule has 8 heteroatoms. The molecule has 31 heavy (non-hydrogen) atoms. The van der Waals surface area contributed by atoms with Gasteiger partial charge < -0.3 is 15.2 Å². The third-order valence-corrected chi connectivity index (χ3v) is 5.56. The van der Waals surface area contributed by atoms with E-state index in [1.165, 1.54) is 11.8 Å². The van der Waals surface area contributed by atoms with E-state index in [9.17, 15) is 4.39 Å². The second-order valence-corrected chi connectivity index (χ2v) is 8.07. The number of hydrogen-bond donors (Lipinski definition) is 2. The Morgan fingerprint density at radius 3 is 2.84 bits per heavy atom. The summed E-state index contributed by atoms with van der Waals surface area (Å²) in [5.74, 6) is 1.43. The van der Waals surface area contributed by atoms with E-state index in [2.05, 4.69) is 49.0 Å². The minimum Gasteiger partial charge on any atom is -0.326 e. The van der Waals surface area contributed by atoms with Crippen molar-refractivity contribution in [2.24, 2.45) is 0 Å². The molecular formula is C23H24FN7. The molecule has 0 unspecified atom stereocenters. The van der Waals surface area contributed by atoms with E-state index in [0.717, 1.165) is 42.1 Å². The highest BCUT2D eigenvalue weighted by Crippen LogP contribution is 2.28. The molecule has 0 aliphatic carbocycles. The van der Waals surface area contributed by atoms with Crippen molar-refractivity contribution in [3.05, 3.63) is 59.4 Å². The van der Waals surface area contributed by atoms with Crippen LogP contribution in [-0.4, -0.2) is 31.0 Å². The van der Waals surface area contributed by atoms with Crippen molar-refractivity contribution in [1.29, 1.82) is 0 Å². The zero-order valence-electron chi connectivity index (χ0n) is 17.8. The molecule has 0 amide bonds. The van der Waals surface area contributed by atoms with Gasteiger partial charge in [-0.2, -0.15) is 0 Å². The number of halogens is 1. The molecule has 0 atom stereocenters. The fourth-order valence-electron chi connectivity index (χ4n) is 4.16. The van der Waals surface area contributed by atoms with E-state index in [1.807, 2.05) is 37.3 Å². The first-order valence-electron chi connectivity index (χ1n) is 10.5. The maximum Gasteiger partial charge on any atom is 0.229 e. The number of nitrogens with zero attached hydrogens (tertiary/aromatic N) is 5. The van der Waals surface area contributed by atoms with Crippen LogP contribution in [0.2, 0.25) is 0 Å². The molecule has 0 radical (unpaired) electrons. The van der Waals surface area contributed by atoms with Gasteiger partial charge in [-0.15, -0.1) is 0 Å². The summed E-state index contributed by atoms with van der Waals surface area (Å²) >= 11 is 0. The van der Waals surface area contributed by atoms with Crippen LogP contribution in [0.4, 0.5) is 16.2 Å². The Balaban J connectivity index is 1.51. The summed E-state index contributed by atoms with van der Waals surface area (Å²) in [5, 5.41) is 6.46. The minimum absolute atomic E-state index is 0.246. The highest BCUT2D eigenvalue weighted by Gasteiger charge is 2.16. The molecule has 0 saturated carbocycles. The first-order chi connectivity index (χ1) is 15.0. The Morgan fingerprint density at radius 2 is 2.00 bits per heavy atom. The largest absolute Gasteiger partial charge is 0.326 e. The van der Waals surface area contributed by atoms with E-state index in [0.29, 0.717) is 17.3 Å². The molecule has 5 rings (SSSR count). The number of fused-ring (bicyclic) bond motifs is 2. The van der Waals surface area contributed by atoms with Crippen LogP contribution < -0.4 is 10.6 Å². The van der Waals surface area contributed by atoms with Gasteiger partial charge in [-0.1, -0.05) is 12.1 Å². The van der Waals surface area contributed by atoms with Crippen LogP contribution >= 0.6 is 0 Å². The monoisotopic (exact) mass is 417 g/mol. The quantitative estimate of drug-likeness (QED) is 0.515. The maximum atomic E-state index is 14.7. The SMILES string of the molecule is Cc1nc2ccc(-c3nc(Nc4ccc5c(n4)CCNC5)ncc3F)cc2n1C(C)C. The molecule has 0 fully saturated rings. The zero-order valence-corrected chi connectivity index (χ0v) is 17.8. The summed E-state index contributed by atoms with van der Waals surface area (Å²) in [7, 11) is 0. The van der Waals surface area contributed by atoms with Crippen LogP contribution in [0.3, 0.4) is 0 Å². The van der Waals surface area contributed by atoms with Crippen LogP contribution in [0.5, 0.6) is 0 Å². The van der Waals surface area contributed by atoms with E-state index < -0.39 is 5.82 Å². The Labute approximate surface area is 179 Å². The summed E-state index contributed by atoms with van der Waals surface area (Å²) in [6.07, 6.45) is 2.07. The molecule has 1 aliphatic rings. The molecule has 0 bridgehead atoms. The lowest BCUT2D eigenvalue weighted by molar-refractivity contribution is 0.600. The number of aromatic nitrogens is 5. The van der Waals surface area contributed by atoms with Gasteiger partial charge in [0.05, 0.1) is 17.2 Å². The van der Waals surface area contributed by atoms with Gasteiger partial charge in [0.15, 0.2) is 5.82 Å². The Hall–Kier alpha value is -3.39. The van der Waals surface area contributed by atoms with Crippen molar-refractivity contribution in [3.63, 3.8) is 0 Å². The maximum absolute atomic E-state index is 14.7. The van der Waals surface area contributed by atoms with Crippen LogP contribution in [-0.2, 0) is 13.0 Å². The van der Waals surface area contributed by atoms with Gasteiger partial charge in [0.1, 0.15) is 17.3 Å². The number of rotatable bonds is 4. The first-order valence-corrected chi connectivity index (χ1v) is 10.5. The first kappa shape index (κ1) is 19.6. The number of pyridine rings is 1. The third-order valence-electron chi connectivity index (χ3n) is 5.56. The van der Waals surface area contributed by atoms with Crippen LogP contribution in [0.25, 0.3) is 22.3 Å². The third kappa shape index (κ3) is 3.63. The predicted octanol–water partition coefficient (Wildman–Crippen LogP) is 4.31. The van der Waals surface area contributed by atoms with Crippen molar-refractivity contribution >= 4 is 22.8 Å². The van der Waals surface area contributed by atoms with E-state index in [-0.39, 0.29) is 11.7 Å². The normalized spacial score (nSPS) is 13.6. The molecule has 4 aromatic rings. The number of benzene rings is 1. The van der Waals surface area contributed by atoms with Crippen molar-refractivity contribution in [3.8, 4) is 11.3 Å². The molecule has 1 aliphatic heterocycles. The van der Waals surface area contributed by atoms with Crippen LogP contribution in [0.1, 0.15) is 37.0 Å². The lowest BCUT2D eigenvalue weighted by atomic mass is 10.1. The molecule has 4 heterocycles. The fraction of sp³-hybridized carbons (Fsp3) is 0.304. The molecular weight excluding hydrogens is 393 g/mol. The van der Waals surface area contributed by atoms with Gasteiger partial charge >= 0.3 is 0 Å². The Bertz CT molecular complexity index is 1280. The van der Waals surface area contributed by atoms with Gasteiger partial charge in [0.2, 0.25) is 5.95 Å². The van der Waals surface area contributed by atoms with Gasteiger partial charge in [0.25, 0.3) is 0 Å². The lowest BCUT2D eigenvalue weighted by Gasteiger charge is -2.17. The highest BCUT2D eigenvalue weighted by atomic mass is 19.1. The van der Waals surface area contributed by atoms with E-state index >= 15 is 0 Å². The van der Waals surface area contributed by atoms with Gasteiger partial charge in [-0.05, 0) is 44.5 Å². The summed E-state index contributed by atoms with van der Waals surface area (Å²) in [5.41, 5.74) is 5.03. The standard InChI is InChI=1S/C23H24FN7/c1-13(2)31-14(3)27-19-6-4-15(10-20(19)31)22-17(24)12-26-23(30-22)29-21-7-5-16-11-25-9-8-18(16)28-21/h4-7,10,12-13,25H,8-9,11H2,1-3H3,(H,26,28,29,30). The second kappa shape index (κ2) is 7.70. The molecule has 3 aromatic heterocycles. The fourth-order valence-corrected chi connectivity index (χ4v) is 4.16. The summed E-state index contributed by atoms with van der Waals surface area (Å²) < 4.78 is 16.8. The van der Waals surface area contributed by atoms with Gasteiger partial charge in [0, 0.05) is 36.8 Å². The Morgan fingerprint density at radius 1 is 1.13 bits per heavy atom. The number of anilines is 2. The van der Waals surface area contributed by atoms with Crippen molar-refractivity contribution in [2.45, 2.75) is 39.8 Å². The van der Waals surface area contributed by atoms with Crippen LogP contribution in [0, 0.1) is 12.7 Å². The predicted molar refractivity (Wildman–Crippen MR) is 119 cm³/mol. The molecule has 7 nitrogen and oxygen atoms in total. The zero-order chi connectivity index (χ0) is 21.5. The van der Waals surface area contributed by atoms with Crippen molar-refractivity contribution in [1.82, 2.24) is 29.8 Å². The molecule has 0 saturated heterocycles. The van der Waals surface area contributed by atoms with E-state index in [4.69, 9.17) is 0 Å². The number of aryl methyl sites for hydroxylation is 1. The lowest BCUT2D eigenvalue weighted by Crippen LogP contribution is -2.24. The Kier molecular flexibility index (Phi) is 4.86. The summed E-state index contributed by atoms with van der Waals surface area (Å²) in [4.78, 5) is 17.9. The highest BCUT2D eigenvalue weighted by molar-refractivity contribution is 5.82. The molecule has 0 spiro atoms. The smallest absolute Gasteiger partial charge is 0.229 e. The van der Waals surface area contributed by atoms with Gasteiger partial charge in [-0.25, -0.2) is 24.3 Å². The number of imidazole rings is 1. The molecule has 158 valence electrons. The van der Waals surface area contributed by atoms with Crippen LogP contribution in [0.15, 0.2) is 36.5 Å². The second-order valence-electron chi connectivity index (χ2n) is 8.07. The average Bonchev–Trinajstić information content (AvgIpc) is 3.10. The van der Waals surface area contributed by atoms with Crippen molar-refractivity contribution in [2.75, 3.05) is 11.9 Å².